The van der Waals surface area contributed by atoms with E-state index in [-0.39, 0.29) is 30.4 Å². The van der Waals surface area contributed by atoms with Crippen LogP contribution in [0.4, 0.5) is 4.79 Å². The zero-order valence-corrected chi connectivity index (χ0v) is 13.1. The molecule has 0 aliphatic carbocycles. The zero-order valence-electron chi connectivity index (χ0n) is 12.3. The van der Waals surface area contributed by atoms with E-state index in [0.29, 0.717) is 5.75 Å². The second kappa shape index (κ2) is 9.67. The summed E-state index contributed by atoms with van der Waals surface area (Å²) < 4.78 is 14.6. The molecule has 1 rings (SSSR count). The number of methoxy groups -OCH3 is 2. The summed E-state index contributed by atoms with van der Waals surface area (Å²) in [6.45, 7) is -0.264. The molecule has 22 heavy (non-hydrogen) atoms. The van der Waals surface area contributed by atoms with Gasteiger partial charge in [0.25, 0.3) is 0 Å². The number of benzene rings is 1. The van der Waals surface area contributed by atoms with Crippen molar-refractivity contribution >= 4 is 28.9 Å². The van der Waals surface area contributed by atoms with Crippen LogP contribution in [0.15, 0.2) is 24.3 Å². The Kier molecular flexibility index (Phi) is 7.84. The van der Waals surface area contributed by atoms with Gasteiger partial charge in [0.2, 0.25) is 5.91 Å². The van der Waals surface area contributed by atoms with E-state index < -0.39 is 11.3 Å². The Bertz CT molecular complexity index is 534. The van der Waals surface area contributed by atoms with Gasteiger partial charge in [-0.15, -0.1) is 0 Å². The average molecular weight is 327 g/mol. The first-order valence-electron chi connectivity index (χ1n) is 6.38. The van der Waals surface area contributed by atoms with E-state index >= 15 is 0 Å². The minimum absolute atomic E-state index is 0.0989. The molecule has 0 saturated heterocycles. The molecule has 1 aromatic rings. The van der Waals surface area contributed by atoms with Crippen molar-refractivity contribution in [3.05, 3.63) is 24.3 Å². The lowest BCUT2D eigenvalue weighted by molar-refractivity contribution is -0.135. The van der Waals surface area contributed by atoms with Gasteiger partial charge in [-0.2, -0.15) is 0 Å². The van der Waals surface area contributed by atoms with Gasteiger partial charge in [-0.3, -0.25) is 4.79 Å². The number of para-hydroxylation sites is 2. The van der Waals surface area contributed by atoms with Crippen LogP contribution in [0.25, 0.3) is 0 Å². The molecule has 1 aromatic carbocycles. The van der Waals surface area contributed by atoms with Gasteiger partial charge >= 0.3 is 11.3 Å². The lowest BCUT2D eigenvalue weighted by Crippen LogP contribution is -2.32. The van der Waals surface area contributed by atoms with Crippen LogP contribution in [0, 0.1) is 0 Å². The molecule has 0 aromatic heterocycles. The highest BCUT2D eigenvalue weighted by Crippen LogP contribution is 2.25. The van der Waals surface area contributed by atoms with Crippen molar-refractivity contribution in [3.63, 3.8) is 0 Å². The summed E-state index contributed by atoms with van der Waals surface area (Å²) in [5.41, 5.74) is 0. The number of ether oxygens (including phenoxy) is 3. The monoisotopic (exact) mass is 327 g/mol. The molecule has 0 atom stereocenters. The van der Waals surface area contributed by atoms with Gasteiger partial charge in [0.1, 0.15) is 6.54 Å². The molecule has 0 aliphatic rings. The number of thioether (sulfide) groups is 1. The number of carbonyl (C=O) groups excluding carboxylic acids is 3. The first-order chi connectivity index (χ1) is 10.6. The molecule has 0 heterocycles. The summed E-state index contributed by atoms with van der Waals surface area (Å²) in [6, 6.07) is 6.70. The molecular weight excluding hydrogens is 310 g/mol. The molecule has 8 heteroatoms. The highest BCUT2D eigenvalue weighted by molar-refractivity contribution is 8.13. The van der Waals surface area contributed by atoms with Crippen LogP contribution in [0.1, 0.15) is 6.42 Å². The van der Waals surface area contributed by atoms with Crippen LogP contribution < -0.4 is 14.8 Å². The van der Waals surface area contributed by atoms with Crippen LogP contribution in [0.3, 0.4) is 0 Å². The fraction of sp³-hybridized carbons (Fsp3) is 0.357. The third-order valence-electron chi connectivity index (χ3n) is 2.44. The Labute approximate surface area is 132 Å². The van der Waals surface area contributed by atoms with Gasteiger partial charge < -0.3 is 19.5 Å². The molecule has 0 saturated carbocycles. The number of hydrogen-bond donors (Lipinski definition) is 1. The molecule has 0 fully saturated rings. The number of nitrogens with one attached hydrogen (secondary N) is 1. The minimum atomic E-state index is -0.613. The van der Waals surface area contributed by atoms with E-state index in [2.05, 4.69) is 10.1 Å². The molecular formula is C14H17NO6S. The Morgan fingerprint density at radius 1 is 1.14 bits per heavy atom. The van der Waals surface area contributed by atoms with Gasteiger partial charge in [0.05, 0.1) is 14.2 Å². The van der Waals surface area contributed by atoms with E-state index in [4.69, 9.17) is 9.47 Å². The van der Waals surface area contributed by atoms with Gasteiger partial charge in [-0.05, 0) is 23.9 Å². The van der Waals surface area contributed by atoms with E-state index in [9.17, 15) is 14.4 Å². The standard InChI is InChI=1S/C14H17NO6S/c1-19-10-5-3-4-6-11(10)21-13(17)9-15-12(16)7-8-22-14(18)20-2/h3-6H,7-9H2,1-2H3,(H,15,16). The van der Waals surface area contributed by atoms with Gasteiger partial charge in [-0.1, -0.05) is 12.1 Å². The first kappa shape index (κ1) is 17.8. The number of esters is 1. The Morgan fingerprint density at radius 3 is 2.45 bits per heavy atom. The highest BCUT2D eigenvalue weighted by Gasteiger charge is 2.11. The van der Waals surface area contributed by atoms with Crippen LogP contribution in [0.5, 0.6) is 11.5 Å². The smallest absolute Gasteiger partial charge is 0.367 e. The maximum absolute atomic E-state index is 11.6. The Morgan fingerprint density at radius 2 is 1.82 bits per heavy atom. The van der Waals surface area contributed by atoms with E-state index in [1.54, 1.807) is 24.3 Å². The van der Waals surface area contributed by atoms with E-state index in [1.807, 2.05) is 0 Å². The first-order valence-corrected chi connectivity index (χ1v) is 7.36. The largest absolute Gasteiger partial charge is 0.493 e. The predicted octanol–water partition coefficient (Wildman–Crippen LogP) is 1.61. The van der Waals surface area contributed by atoms with Gasteiger partial charge in [0.15, 0.2) is 11.5 Å². The topological polar surface area (TPSA) is 90.9 Å². The fourth-order valence-corrected chi connectivity index (χ4v) is 1.98. The van der Waals surface area contributed by atoms with Crippen molar-refractivity contribution in [3.8, 4) is 11.5 Å². The zero-order chi connectivity index (χ0) is 16.4. The van der Waals surface area contributed by atoms with Crippen LogP contribution in [0.2, 0.25) is 0 Å². The molecule has 1 N–H and O–H groups in total. The molecule has 120 valence electrons. The molecule has 0 bridgehead atoms. The second-order valence-corrected chi connectivity index (χ2v) is 4.98. The average Bonchev–Trinajstić information content (AvgIpc) is 2.53. The number of amides is 1. The summed E-state index contributed by atoms with van der Waals surface area (Å²) in [5, 5.41) is 1.96. The number of carbonyl (C=O) groups is 3. The fourth-order valence-electron chi connectivity index (χ4n) is 1.41. The van der Waals surface area contributed by atoms with Crippen molar-refractivity contribution in [2.24, 2.45) is 0 Å². The van der Waals surface area contributed by atoms with E-state index in [0.717, 1.165) is 11.8 Å². The SMILES string of the molecule is COC(=O)SCCC(=O)NCC(=O)Oc1ccccc1OC. The van der Waals surface area contributed by atoms with Crippen molar-refractivity contribution in [2.75, 3.05) is 26.5 Å². The van der Waals surface area contributed by atoms with E-state index in [1.165, 1.54) is 14.2 Å². The Balaban J connectivity index is 2.31. The molecule has 0 unspecified atom stereocenters. The highest BCUT2D eigenvalue weighted by atomic mass is 32.2. The maximum atomic E-state index is 11.6. The predicted molar refractivity (Wildman–Crippen MR) is 81.1 cm³/mol. The normalized spacial score (nSPS) is 9.73. The minimum Gasteiger partial charge on any atom is -0.493 e. The molecule has 1 amide bonds. The Hall–Kier alpha value is -2.22. The van der Waals surface area contributed by atoms with Crippen molar-refractivity contribution in [2.45, 2.75) is 6.42 Å². The van der Waals surface area contributed by atoms with Crippen molar-refractivity contribution in [1.29, 1.82) is 0 Å². The summed E-state index contributed by atoms with van der Waals surface area (Å²) in [4.78, 5) is 34.0. The molecule has 0 spiro atoms. The number of hydrogen-bond acceptors (Lipinski definition) is 7. The third kappa shape index (κ3) is 6.49. The molecule has 0 aliphatic heterocycles. The molecule has 0 radical (unpaired) electrons. The van der Waals surface area contributed by atoms with Crippen molar-refractivity contribution < 1.29 is 28.6 Å². The van der Waals surface area contributed by atoms with Crippen molar-refractivity contribution in [1.82, 2.24) is 5.32 Å². The van der Waals surface area contributed by atoms with Crippen LogP contribution in [-0.4, -0.2) is 43.7 Å². The summed E-state index contributed by atoms with van der Waals surface area (Å²) >= 11 is 0.892. The summed E-state index contributed by atoms with van der Waals surface area (Å²) in [5.74, 6) is 0.0223. The maximum Gasteiger partial charge on any atom is 0.367 e. The quantitative estimate of drug-likeness (QED) is 0.601. The third-order valence-corrected chi connectivity index (χ3v) is 3.25. The van der Waals surface area contributed by atoms with Gasteiger partial charge in [-0.25, -0.2) is 9.59 Å². The van der Waals surface area contributed by atoms with Crippen LogP contribution >= 0.6 is 11.8 Å². The lowest BCUT2D eigenvalue weighted by Gasteiger charge is -2.09. The van der Waals surface area contributed by atoms with Crippen LogP contribution in [-0.2, 0) is 14.3 Å². The second-order valence-electron chi connectivity index (χ2n) is 3.95. The number of rotatable bonds is 7. The van der Waals surface area contributed by atoms with Gasteiger partial charge in [0, 0.05) is 12.2 Å². The summed E-state index contributed by atoms with van der Waals surface area (Å²) in [6.07, 6.45) is 0.0989. The lowest BCUT2D eigenvalue weighted by atomic mass is 10.3. The molecule has 7 nitrogen and oxygen atoms in total. The summed E-state index contributed by atoms with van der Waals surface area (Å²) in [7, 11) is 2.73.